The highest BCUT2D eigenvalue weighted by atomic mass is 16.5. The topological polar surface area (TPSA) is 89.0 Å². The van der Waals surface area contributed by atoms with Crippen LogP contribution < -0.4 is 10.6 Å². The molecule has 0 aliphatic heterocycles. The maximum Gasteiger partial charge on any atom is 0.337 e. The second-order valence-electron chi connectivity index (χ2n) is 5.84. The van der Waals surface area contributed by atoms with E-state index in [-0.39, 0.29) is 5.97 Å². The lowest BCUT2D eigenvalue weighted by Crippen LogP contribution is -2.23. The molecule has 0 atom stereocenters. The van der Waals surface area contributed by atoms with Crippen LogP contribution in [-0.4, -0.2) is 34.3 Å². The third kappa shape index (κ3) is 4.18. The molecule has 2 aromatic rings. The van der Waals surface area contributed by atoms with Gasteiger partial charge >= 0.3 is 5.97 Å². The summed E-state index contributed by atoms with van der Waals surface area (Å²) < 4.78 is 4.68. The summed E-state index contributed by atoms with van der Waals surface area (Å²) in [5.41, 5.74) is 1.32. The summed E-state index contributed by atoms with van der Waals surface area (Å²) in [7, 11) is 1.36. The minimum Gasteiger partial charge on any atom is -0.465 e. The molecule has 0 amide bonds. The van der Waals surface area contributed by atoms with Gasteiger partial charge in [-0.15, -0.1) is 5.10 Å². The number of nitrogens with zero attached hydrogens (tertiary/aromatic N) is 3. The molecule has 1 fully saturated rings. The number of nitrogens with one attached hydrogen (secondary N) is 2. The van der Waals surface area contributed by atoms with Crippen LogP contribution in [-0.2, 0) is 4.74 Å². The smallest absolute Gasteiger partial charge is 0.337 e. The van der Waals surface area contributed by atoms with E-state index in [1.165, 1.54) is 26.4 Å². The van der Waals surface area contributed by atoms with Crippen molar-refractivity contribution >= 4 is 23.4 Å². The van der Waals surface area contributed by atoms with Crippen LogP contribution >= 0.6 is 0 Å². The standard InChI is InChI=1S/C17H21N5O2/c1-24-16(23)12-7-9-14(10-8-12)19-15-11-18-22-17(21-15)20-13-5-3-2-4-6-13/h7-11,13H,2-6H2,1H3,(H2,19,20,21,22). The fourth-order valence-corrected chi connectivity index (χ4v) is 2.81. The van der Waals surface area contributed by atoms with E-state index in [4.69, 9.17) is 0 Å². The van der Waals surface area contributed by atoms with E-state index in [9.17, 15) is 4.79 Å². The molecular weight excluding hydrogens is 306 g/mol. The predicted octanol–water partition coefficient (Wildman–Crippen LogP) is 3.15. The van der Waals surface area contributed by atoms with E-state index in [0.717, 1.165) is 18.5 Å². The molecule has 126 valence electrons. The highest BCUT2D eigenvalue weighted by Crippen LogP contribution is 2.21. The van der Waals surface area contributed by atoms with Gasteiger partial charge in [-0.3, -0.25) is 0 Å². The molecule has 1 aromatic carbocycles. The number of aromatic nitrogens is 3. The van der Waals surface area contributed by atoms with Crippen LogP contribution in [0.4, 0.5) is 17.5 Å². The highest BCUT2D eigenvalue weighted by Gasteiger charge is 2.14. The Hall–Kier alpha value is -2.70. The van der Waals surface area contributed by atoms with E-state index >= 15 is 0 Å². The second kappa shape index (κ2) is 7.72. The molecule has 0 radical (unpaired) electrons. The van der Waals surface area contributed by atoms with Gasteiger partial charge in [-0.25, -0.2) is 4.79 Å². The third-order valence-corrected chi connectivity index (χ3v) is 4.08. The fraction of sp³-hybridized carbons (Fsp3) is 0.412. The van der Waals surface area contributed by atoms with Crippen LogP contribution in [0.1, 0.15) is 42.5 Å². The number of ether oxygens (including phenoxy) is 1. The molecule has 1 aliphatic rings. The number of hydrogen-bond acceptors (Lipinski definition) is 7. The van der Waals surface area contributed by atoms with Crippen molar-refractivity contribution in [3.63, 3.8) is 0 Å². The Morgan fingerprint density at radius 2 is 1.92 bits per heavy atom. The lowest BCUT2D eigenvalue weighted by molar-refractivity contribution is 0.0601. The molecule has 3 rings (SSSR count). The van der Waals surface area contributed by atoms with Crippen molar-refractivity contribution in [3.8, 4) is 0 Å². The van der Waals surface area contributed by atoms with Crippen molar-refractivity contribution in [2.75, 3.05) is 17.7 Å². The molecule has 0 unspecified atom stereocenters. The van der Waals surface area contributed by atoms with Crippen LogP contribution in [0.25, 0.3) is 0 Å². The predicted molar refractivity (Wildman–Crippen MR) is 91.4 cm³/mol. The zero-order valence-corrected chi connectivity index (χ0v) is 13.7. The van der Waals surface area contributed by atoms with Gasteiger partial charge in [-0.05, 0) is 37.1 Å². The Balaban J connectivity index is 1.64. The summed E-state index contributed by atoms with van der Waals surface area (Å²) in [5.74, 6) is 0.788. The molecule has 0 spiro atoms. The van der Waals surface area contributed by atoms with Crippen molar-refractivity contribution in [2.45, 2.75) is 38.1 Å². The van der Waals surface area contributed by atoms with Crippen molar-refractivity contribution < 1.29 is 9.53 Å². The Kier molecular flexibility index (Phi) is 5.20. The SMILES string of the molecule is COC(=O)c1ccc(Nc2cnnc(NC3CCCCC3)n2)cc1. The van der Waals surface area contributed by atoms with Gasteiger partial charge in [-0.1, -0.05) is 19.3 Å². The van der Waals surface area contributed by atoms with Gasteiger partial charge in [0, 0.05) is 11.7 Å². The monoisotopic (exact) mass is 327 g/mol. The first-order valence-electron chi connectivity index (χ1n) is 8.16. The van der Waals surface area contributed by atoms with Gasteiger partial charge in [0.1, 0.15) is 0 Å². The minimum absolute atomic E-state index is 0.357. The summed E-state index contributed by atoms with van der Waals surface area (Å²) in [6.45, 7) is 0. The Labute approximate surface area is 140 Å². The van der Waals surface area contributed by atoms with Crippen molar-refractivity contribution in [1.29, 1.82) is 0 Å². The van der Waals surface area contributed by atoms with Gasteiger partial charge in [0.05, 0.1) is 18.9 Å². The van der Waals surface area contributed by atoms with E-state index in [1.54, 1.807) is 30.5 Å². The molecule has 0 bridgehead atoms. The average molecular weight is 327 g/mol. The first kappa shape index (κ1) is 16.2. The summed E-state index contributed by atoms with van der Waals surface area (Å²) >= 11 is 0. The first-order valence-corrected chi connectivity index (χ1v) is 8.16. The number of hydrogen-bond donors (Lipinski definition) is 2. The van der Waals surface area contributed by atoms with Crippen LogP contribution in [0.3, 0.4) is 0 Å². The number of esters is 1. The normalized spacial score (nSPS) is 14.9. The van der Waals surface area contributed by atoms with Gasteiger partial charge in [-0.2, -0.15) is 10.1 Å². The summed E-state index contributed by atoms with van der Waals surface area (Å²) in [6.07, 6.45) is 7.66. The Bertz CT molecular complexity index is 684. The summed E-state index contributed by atoms with van der Waals surface area (Å²) in [4.78, 5) is 15.9. The van der Waals surface area contributed by atoms with E-state index in [2.05, 4.69) is 30.6 Å². The van der Waals surface area contributed by atoms with Gasteiger partial charge in [0.25, 0.3) is 0 Å². The molecule has 7 heteroatoms. The van der Waals surface area contributed by atoms with Crippen molar-refractivity contribution in [2.24, 2.45) is 0 Å². The largest absolute Gasteiger partial charge is 0.465 e. The zero-order chi connectivity index (χ0) is 16.8. The van der Waals surface area contributed by atoms with E-state index in [0.29, 0.717) is 23.4 Å². The van der Waals surface area contributed by atoms with Crippen molar-refractivity contribution in [1.82, 2.24) is 15.2 Å². The highest BCUT2D eigenvalue weighted by molar-refractivity contribution is 5.89. The Morgan fingerprint density at radius 3 is 2.62 bits per heavy atom. The van der Waals surface area contributed by atoms with Crippen LogP contribution in [0.2, 0.25) is 0 Å². The number of anilines is 3. The molecule has 2 N–H and O–H groups in total. The van der Waals surface area contributed by atoms with Gasteiger partial charge in [0.15, 0.2) is 5.82 Å². The quantitative estimate of drug-likeness (QED) is 0.815. The number of methoxy groups -OCH3 is 1. The van der Waals surface area contributed by atoms with E-state index < -0.39 is 0 Å². The maximum absolute atomic E-state index is 11.4. The van der Waals surface area contributed by atoms with Crippen LogP contribution in [0.15, 0.2) is 30.5 Å². The second-order valence-corrected chi connectivity index (χ2v) is 5.84. The number of benzene rings is 1. The number of rotatable bonds is 5. The Morgan fingerprint density at radius 1 is 1.17 bits per heavy atom. The first-order chi connectivity index (χ1) is 11.7. The van der Waals surface area contributed by atoms with Crippen molar-refractivity contribution in [3.05, 3.63) is 36.0 Å². The lowest BCUT2D eigenvalue weighted by atomic mass is 9.96. The molecule has 1 aliphatic carbocycles. The lowest BCUT2D eigenvalue weighted by Gasteiger charge is -2.22. The molecule has 24 heavy (non-hydrogen) atoms. The number of carbonyl (C=O) groups is 1. The van der Waals surface area contributed by atoms with Gasteiger partial charge in [0.2, 0.25) is 5.95 Å². The molecule has 1 aromatic heterocycles. The third-order valence-electron chi connectivity index (χ3n) is 4.08. The average Bonchev–Trinajstić information content (AvgIpc) is 2.63. The molecule has 1 saturated carbocycles. The molecule has 7 nitrogen and oxygen atoms in total. The summed E-state index contributed by atoms with van der Waals surface area (Å²) in [6, 6.07) is 7.41. The van der Waals surface area contributed by atoms with Crippen LogP contribution in [0, 0.1) is 0 Å². The minimum atomic E-state index is -0.357. The fourth-order valence-electron chi connectivity index (χ4n) is 2.81. The zero-order valence-electron chi connectivity index (χ0n) is 13.7. The van der Waals surface area contributed by atoms with Gasteiger partial charge < -0.3 is 15.4 Å². The van der Waals surface area contributed by atoms with E-state index in [1.807, 2.05) is 0 Å². The van der Waals surface area contributed by atoms with Crippen LogP contribution in [0.5, 0.6) is 0 Å². The summed E-state index contributed by atoms with van der Waals surface area (Å²) in [5, 5.41) is 14.6. The number of carbonyl (C=O) groups excluding carboxylic acids is 1. The molecule has 0 saturated heterocycles. The maximum atomic E-state index is 11.4. The molecule has 1 heterocycles. The molecular formula is C17H21N5O2.